The van der Waals surface area contributed by atoms with Gasteiger partial charge in [-0.3, -0.25) is 0 Å². The van der Waals surface area contributed by atoms with E-state index < -0.39 is 4.92 Å². The Morgan fingerprint density at radius 2 is 2.04 bits per heavy atom. The van der Waals surface area contributed by atoms with Gasteiger partial charge in [0.1, 0.15) is 11.2 Å². The number of hydrogen-bond donors (Lipinski definition) is 0. The highest BCUT2D eigenvalue weighted by atomic mass is 35.5. The van der Waals surface area contributed by atoms with Crippen molar-refractivity contribution in [2.75, 3.05) is 0 Å². The van der Waals surface area contributed by atoms with Crippen LogP contribution in [-0.2, 0) is 0 Å². The summed E-state index contributed by atoms with van der Waals surface area (Å²) < 4.78 is 7.36. The summed E-state index contributed by atoms with van der Waals surface area (Å²) in [7, 11) is 0. The molecule has 0 atom stereocenters. The Morgan fingerprint density at radius 1 is 1.24 bits per heavy atom. The summed E-state index contributed by atoms with van der Waals surface area (Å²) >= 11 is 6.28. The van der Waals surface area contributed by atoms with Crippen LogP contribution in [0.25, 0.3) is 16.6 Å². The summed E-state index contributed by atoms with van der Waals surface area (Å²) in [6, 6.07) is 10.3. The highest BCUT2D eigenvalue weighted by Gasteiger charge is 2.20. The van der Waals surface area contributed by atoms with Gasteiger partial charge in [0.05, 0.1) is 16.6 Å². The Hall–Kier alpha value is -3.26. The molecule has 0 N–H and O–H groups in total. The van der Waals surface area contributed by atoms with Crippen molar-refractivity contribution in [2.45, 2.75) is 6.92 Å². The van der Waals surface area contributed by atoms with Crippen LogP contribution in [0.1, 0.15) is 5.69 Å². The third-order valence-electron chi connectivity index (χ3n) is 3.67. The zero-order valence-electron chi connectivity index (χ0n) is 12.9. The number of pyridine rings is 1. The fourth-order valence-corrected chi connectivity index (χ4v) is 2.70. The predicted octanol–water partition coefficient (Wildman–Crippen LogP) is 3.94. The molecule has 0 spiro atoms. The molecule has 0 unspecified atom stereocenters. The van der Waals surface area contributed by atoms with Crippen molar-refractivity contribution < 1.29 is 9.66 Å². The average Bonchev–Trinajstić information content (AvgIpc) is 2.90. The molecular formula is C16H10ClN5O3. The molecule has 8 nitrogen and oxygen atoms in total. The maximum absolute atomic E-state index is 11.2. The van der Waals surface area contributed by atoms with Gasteiger partial charge in [0.25, 0.3) is 0 Å². The van der Waals surface area contributed by atoms with Crippen molar-refractivity contribution in [1.82, 2.24) is 19.6 Å². The number of aryl methyl sites for hydroxylation is 1. The topological polar surface area (TPSA) is 95.5 Å². The van der Waals surface area contributed by atoms with Crippen LogP contribution in [0.2, 0.25) is 5.02 Å². The molecule has 4 aromatic rings. The van der Waals surface area contributed by atoms with E-state index in [-0.39, 0.29) is 17.4 Å². The van der Waals surface area contributed by atoms with E-state index in [1.807, 2.05) is 18.2 Å². The van der Waals surface area contributed by atoms with Crippen LogP contribution in [0.4, 0.5) is 5.82 Å². The third kappa shape index (κ3) is 2.43. The molecule has 0 radical (unpaired) electrons. The lowest BCUT2D eigenvalue weighted by atomic mass is 10.2. The number of rotatable bonds is 3. The van der Waals surface area contributed by atoms with Crippen molar-refractivity contribution in [2.24, 2.45) is 0 Å². The van der Waals surface area contributed by atoms with Crippen molar-refractivity contribution in [3.8, 4) is 11.6 Å². The molecule has 0 aliphatic heterocycles. The normalized spacial score (nSPS) is 11.1. The zero-order chi connectivity index (χ0) is 17.6. The Morgan fingerprint density at radius 3 is 2.84 bits per heavy atom. The molecule has 0 aliphatic carbocycles. The van der Waals surface area contributed by atoms with E-state index in [1.165, 1.54) is 12.3 Å². The highest BCUT2D eigenvalue weighted by molar-refractivity contribution is 6.34. The molecule has 0 bridgehead atoms. The predicted molar refractivity (Wildman–Crippen MR) is 91.2 cm³/mol. The summed E-state index contributed by atoms with van der Waals surface area (Å²) in [5, 5.41) is 16.6. The van der Waals surface area contributed by atoms with Crippen LogP contribution < -0.4 is 4.74 Å². The fourth-order valence-electron chi connectivity index (χ4n) is 2.54. The van der Waals surface area contributed by atoms with Gasteiger partial charge >= 0.3 is 5.82 Å². The summed E-state index contributed by atoms with van der Waals surface area (Å²) in [4.78, 5) is 18.7. The second-order valence-corrected chi connectivity index (χ2v) is 5.63. The average molecular weight is 356 g/mol. The minimum Gasteiger partial charge on any atom is -0.429 e. The largest absolute Gasteiger partial charge is 0.429 e. The quantitative estimate of drug-likeness (QED) is 0.408. The molecule has 0 aliphatic rings. The fraction of sp³-hybridized carbons (Fsp3) is 0.0625. The molecule has 25 heavy (non-hydrogen) atoms. The number of aromatic nitrogens is 4. The van der Waals surface area contributed by atoms with Gasteiger partial charge in [-0.1, -0.05) is 23.7 Å². The van der Waals surface area contributed by atoms with Crippen LogP contribution >= 0.6 is 11.6 Å². The number of benzene rings is 1. The summed E-state index contributed by atoms with van der Waals surface area (Å²) in [5.41, 5.74) is 1.77. The zero-order valence-corrected chi connectivity index (χ0v) is 13.6. The second kappa shape index (κ2) is 5.67. The van der Waals surface area contributed by atoms with E-state index >= 15 is 0 Å². The molecule has 3 heterocycles. The van der Waals surface area contributed by atoms with Gasteiger partial charge in [0, 0.05) is 0 Å². The van der Waals surface area contributed by atoms with Crippen molar-refractivity contribution in [3.63, 3.8) is 0 Å². The summed E-state index contributed by atoms with van der Waals surface area (Å²) in [6.07, 6.45) is 1.33. The number of nitrogens with zero attached hydrogens (tertiary/aromatic N) is 5. The van der Waals surface area contributed by atoms with E-state index in [9.17, 15) is 10.1 Å². The van der Waals surface area contributed by atoms with E-state index in [0.29, 0.717) is 21.7 Å². The van der Waals surface area contributed by atoms with Gasteiger partial charge in [-0.2, -0.15) is 10.1 Å². The van der Waals surface area contributed by atoms with Crippen LogP contribution in [0.3, 0.4) is 0 Å². The molecule has 0 amide bonds. The van der Waals surface area contributed by atoms with Gasteiger partial charge in [-0.15, -0.1) is 0 Å². The van der Waals surface area contributed by atoms with E-state index in [1.54, 1.807) is 23.6 Å². The lowest BCUT2D eigenvalue weighted by molar-refractivity contribution is -0.390. The van der Waals surface area contributed by atoms with Gasteiger partial charge in [0.2, 0.25) is 11.6 Å². The molecular weight excluding hydrogens is 346 g/mol. The molecule has 0 saturated carbocycles. The Kier molecular flexibility index (Phi) is 3.47. The lowest BCUT2D eigenvalue weighted by Gasteiger charge is -2.09. The first-order valence-electron chi connectivity index (χ1n) is 7.27. The number of ether oxygens (including phenoxy) is 1. The molecule has 0 fully saturated rings. The second-order valence-electron chi connectivity index (χ2n) is 5.25. The van der Waals surface area contributed by atoms with Crippen LogP contribution in [0, 0.1) is 17.0 Å². The number of para-hydroxylation sites is 1. The standard InChI is InChI=1S/C16H10ClN5O3/c1-9-13(17)15-19-16(10-5-2-3-6-11(10)21(15)20-9)25-12-7-4-8-18-14(12)22(23)24/h2-8H,1H3. The van der Waals surface area contributed by atoms with Crippen molar-refractivity contribution in [3.05, 3.63) is 63.4 Å². The van der Waals surface area contributed by atoms with Gasteiger partial charge in [-0.05, 0) is 41.1 Å². The molecule has 4 rings (SSSR count). The monoisotopic (exact) mass is 355 g/mol. The molecule has 3 aromatic heterocycles. The molecule has 1 aromatic carbocycles. The van der Waals surface area contributed by atoms with Crippen molar-refractivity contribution in [1.29, 1.82) is 0 Å². The maximum atomic E-state index is 11.2. The number of halogens is 1. The molecule has 124 valence electrons. The molecule has 9 heteroatoms. The first kappa shape index (κ1) is 15.3. The SMILES string of the molecule is Cc1nn2c(nc(Oc3cccnc3[N+](=O)[O-])c3ccccc32)c1Cl. The minimum absolute atomic E-state index is 0.00172. The van der Waals surface area contributed by atoms with Crippen LogP contribution in [-0.4, -0.2) is 24.5 Å². The van der Waals surface area contributed by atoms with E-state index in [0.717, 1.165) is 5.52 Å². The van der Waals surface area contributed by atoms with Crippen molar-refractivity contribution >= 4 is 34.0 Å². The van der Waals surface area contributed by atoms with E-state index in [2.05, 4.69) is 15.1 Å². The lowest BCUT2D eigenvalue weighted by Crippen LogP contribution is -2.00. The third-order valence-corrected chi connectivity index (χ3v) is 4.11. The Bertz CT molecular complexity index is 1140. The Balaban J connectivity index is 1.98. The molecule has 0 saturated heterocycles. The van der Waals surface area contributed by atoms with Gasteiger partial charge in [-0.25, -0.2) is 4.52 Å². The minimum atomic E-state index is -0.605. The first-order chi connectivity index (χ1) is 12.1. The number of fused-ring (bicyclic) bond motifs is 3. The van der Waals surface area contributed by atoms with E-state index in [4.69, 9.17) is 16.3 Å². The van der Waals surface area contributed by atoms with Gasteiger partial charge in [0.15, 0.2) is 5.65 Å². The maximum Gasteiger partial charge on any atom is 0.406 e. The number of nitro groups is 1. The number of hydrogen-bond acceptors (Lipinski definition) is 6. The first-order valence-corrected chi connectivity index (χ1v) is 7.65. The smallest absolute Gasteiger partial charge is 0.406 e. The summed E-state index contributed by atoms with van der Waals surface area (Å²) in [6.45, 7) is 1.78. The Labute approximate surface area is 145 Å². The van der Waals surface area contributed by atoms with Crippen LogP contribution in [0.5, 0.6) is 11.6 Å². The highest BCUT2D eigenvalue weighted by Crippen LogP contribution is 2.34. The summed E-state index contributed by atoms with van der Waals surface area (Å²) in [5.74, 6) is -0.188. The van der Waals surface area contributed by atoms with Gasteiger partial charge < -0.3 is 14.9 Å². The van der Waals surface area contributed by atoms with Crippen LogP contribution in [0.15, 0.2) is 42.6 Å².